The lowest BCUT2D eigenvalue weighted by atomic mass is 10.2. The molecule has 0 spiro atoms. The van der Waals surface area contributed by atoms with Crippen LogP contribution >= 0.6 is 0 Å². The third-order valence-corrected chi connectivity index (χ3v) is 1.71. The van der Waals surface area contributed by atoms with Gasteiger partial charge >= 0.3 is 0 Å². The fraction of sp³-hybridized carbons (Fsp3) is 0.375. The third-order valence-electron chi connectivity index (χ3n) is 1.71. The Kier molecular flexibility index (Phi) is 1.65. The van der Waals surface area contributed by atoms with Gasteiger partial charge in [0, 0.05) is 5.92 Å². The quantitative estimate of drug-likeness (QED) is 0.706. The molecule has 0 saturated carbocycles. The fourth-order valence-electron chi connectivity index (χ4n) is 1.03. The van der Waals surface area contributed by atoms with E-state index in [1.54, 1.807) is 0 Å². The molecular formula is C8H10N4O. The maximum Gasteiger partial charge on any atom is 0.252 e. The molecule has 0 aliphatic carbocycles. The molecule has 2 rings (SSSR count). The molecular weight excluding hydrogens is 168 g/mol. The van der Waals surface area contributed by atoms with Gasteiger partial charge in [-0.3, -0.25) is 0 Å². The van der Waals surface area contributed by atoms with E-state index in [1.807, 2.05) is 13.8 Å². The van der Waals surface area contributed by atoms with E-state index in [9.17, 15) is 0 Å². The molecule has 13 heavy (non-hydrogen) atoms. The first-order valence-electron chi connectivity index (χ1n) is 4.08. The normalized spacial score (nSPS) is 11.3. The van der Waals surface area contributed by atoms with Crippen LogP contribution in [0.25, 0.3) is 5.78 Å². The zero-order valence-electron chi connectivity index (χ0n) is 7.47. The summed E-state index contributed by atoms with van der Waals surface area (Å²) < 4.78 is 1.48. The minimum absolute atomic E-state index is 0.0905. The number of aromatic hydroxyl groups is 1. The first-order chi connectivity index (χ1) is 6.16. The Balaban J connectivity index is 2.62. The highest BCUT2D eigenvalue weighted by atomic mass is 16.3. The molecule has 0 fully saturated rings. The van der Waals surface area contributed by atoms with Crippen LogP contribution in [0.5, 0.6) is 5.75 Å². The maximum atomic E-state index is 9.13. The molecule has 68 valence electrons. The van der Waals surface area contributed by atoms with Gasteiger partial charge in [0.2, 0.25) is 0 Å². The Morgan fingerprint density at radius 2 is 2.23 bits per heavy atom. The van der Waals surface area contributed by atoms with E-state index in [1.165, 1.54) is 16.9 Å². The van der Waals surface area contributed by atoms with E-state index in [0.29, 0.717) is 5.78 Å². The van der Waals surface area contributed by atoms with Crippen LogP contribution in [0.15, 0.2) is 12.4 Å². The molecule has 0 aliphatic rings. The van der Waals surface area contributed by atoms with Crippen molar-refractivity contribution in [3.05, 3.63) is 18.2 Å². The average Bonchev–Trinajstić information content (AvgIpc) is 2.46. The Morgan fingerprint density at radius 1 is 1.46 bits per heavy atom. The van der Waals surface area contributed by atoms with Gasteiger partial charge < -0.3 is 5.11 Å². The van der Waals surface area contributed by atoms with Crippen LogP contribution in [-0.4, -0.2) is 24.7 Å². The Hall–Kier alpha value is -1.65. The van der Waals surface area contributed by atoms with Gasteiger partial charge in [-0.05, 0) is 0 Å². The van der Waals surface area contributed by atoms with Crippen molar-refractivity contribution in [3.63, 3.8) is 0 Å². The van der Waals surface area contributed by atoms with Gasteiger partial charge in [0.15, 0.2) is 11.6 Å². The molecule has 0 aliphatic heterocycles. The first-order valence-corrected chi connectivity index (χ1v) is 4.08. The van der Waals surface area contributed by atoms with Gasteiger partial charge in [0.1, 0.15) is 0 Å². The van der Waals surface area contributed by atoms with Crippen LogP contribution in [0.4, 0.5) is 0 Å². The highest BCUT2D eigenvalue weighted by Crippen LogP contribution is 2.11. The van der Waals surface area contributed by atoms with Crippen LogP contribution in [0.2, 0.25) is 0 Å². The summed E-state index contributed by atoms with van der Waals surface area (Å²) in [6.45, 7) is 4.02. The summed E-state index contributed by atoms with van der Waals surface area (Å²) in [6.07, 6.45) is 2.84. The molecule has 0 aromatic carbocycles. The molecule has 5 nitrogen and oxygen atoms in total. The molecule has 0 unspecified atom stereocenters. The van der Waals surface area contributed by atoms with Crippen molar-refractivity contribution in [2.45, 2.75) is 19.8 Å². The Labute approximate surface area is 75.1 Å². The van der Waals surface area contributed by atoms with Crippen molar-refractivity contribution in [1.29, 1.82) is 0 Å². The molecule has 0 atom stereocenters. The second kappa shape index (κ2) is 2.69. The van der Waals surface area contributed by atoms with Gasteiger partial charge in [-0.15, -0.1) is 5.10 Å². The number of aromatic nitrogens is 4. The number of hydrogen-bond donors (Lipinski definition) is 1. The molecule has 0 amide bonds. The van der Waals surface area contributed by atoms with Crippen LogP contribution in [0.3, 0.4) is 0 Å². The minimum atomic E-state index is 0.0905. The van der Waals surface area contributed by atoms with Crippen LogP contribution < -0.4 is 0 Å². The zero-order valence-corrected chi connectivity index (χ0v) is 7.47. The molecule has 2 heterocycles. The summed E-state index contributed by atoms with van der Waals surface area (Å²) in [5, 5.41) is 13.3. The van der Waals surface area contributed by atoms with E-state index in [2.05, 4.69) is 15.1 Å². The summed E-state index contributed by atoms with van der Waals surface area (Å²) in [7, 11) is 0. The Morgan fingerprint density at radius 3 is 2.92 bits per heavy atom. The maximum absolute atomic E-state index is 9.13. The van der Waals surface area contributed by atoms with Gasteiger partial charge in [-0.1, -0.05) is 13.8 Å². The Bertz CT molecular complexity index is 435. The second-order valence-electron chi connectivity index (χ2n) is 3.18. The van der Waals surface area contributed by atoms with Crippen LogP contribution in [-0.2, 0) is 0 Å². The molecule has 0 radical (unpaired) electrons. The van der Waals surface area contributed by atoms with E-state index in [-0.39, 0.29) is 11.7 Å². The number of nitrogens with zero attached hydrogens (tertiary/aromatic N) is 4. The topological polar surface area (TPSA) is 63.3 Å². The summed E-state index contributed by atoms with van der Waals surface area (Å²) in [5.74, 6) is 1.61. The van der Waals surface area contributed by atoms with E-state index >= 15 is 0 Å². The molecule has 1 N–H and O–H groups in total. The largest absolute Gasteiger partial charge is 0.505 e. The molecule has 2 aromatic rings. The van der Waals surface area contributed by atoms with Crippen molar-refractivity contribution >= 4 is 5.78 Å². The van der Waals surface area contributed by atoms with Gasteiger partial charge in [-0.25, -0.2) is 9.50 Å². The first kappa shape index (κ1) is 7.97. The number of rotatable bonds is 1. The van der Waals surface area contributed by atoms with Crippen LogP contribution in [0, 0.1) is 0 Å². The zero-order chi connectivity index (χ0) is 9.42. The third kappa shape index (κ3) is 1.32. The van der Waals surface area contributed by atoms with E-state index in [0.717, 1.165) is 5.82 Å². The SMILES string of the molecule is CC(C)c1nc2ncc(O)cn2n1. The van der Waals surface area contributed by atoms with Crippen LogP contribution in [0.1, 0.15) is 25.6 Å². The summed E-state index contributed by atoms with van der Waals surface area (Å²) in [6, 6.07) is 0. The standard InChI is InChI=1S/C8H10N4O/c1-5(2)7-10-8-9-3-6(13)4-12(8)11-7/h3-5,13H,1-2H3. The lowest BCUT2D eigenvalue weighted by Gasteiger charge is -1.92. The predicted octanol–water partition coefficient (Wildman–Crippen LogP) is 0.953. The van der Waals surface area contributed by atoms with E-state index < -0.39 is 0 Å². The van der Waals surface area contributed by atoms with Crippen molar-refractivity contribution in [2.24, 2.45) is 0 Å². The lowest BCUT2D eigenvalue weighted by Crippen LogP contribution is -1.91. The summed E-state index contributed by atoms with van der Waals surface area (Å²) in [4.78, 5) is 8.11. The van der Waals surface area contributed by atoms with Crippen molar-refractivity contribution in [1.82, 2.24) is 19.6 Å². The molecule has 0 bridgehead atoms. The fourth-order valence-corrected chi connectivity index (χ4v) is 1.03. The number of fused-ring (bicyclic) bond motifs is 1. The monoisotopic (exact) mass is 178 g/mol. The average molecular weight is 178 g/mol. The molecule has 0 saturated heterocycles. The molecule has 2 aromatic heterocycles. The van der Waals surface area contributed by atoms with Gasteiger partial charge in [0.25, 0.3) is 5.78 Å². The van der Waals surface area contributed by atoms with Gasteiger partial charge in [-0.2, -0.15) is 4.98 Å². The van der Waals surface area contributed by atoms with Gasteiger partial charge in [0.05, 0.1) is 12.4 Å². The van der Waals surface area contributed by atoms with Crippen molar-refractivity contribution in [2.75, 3.05) is 0 Å². The second-order valence-corrected chi connectivity index (χ2v) is 3.18. The summed E-state index contributed by atoms with van der Waals surface area (Å²) in [5.41, 5.74) is 0. The lowest BCUT2D eigenvalue weighted by molar-refractivity contribution is 0.467. The predicted molar refractivity (Wildman–Crippen MR) is 46.5 cm³/mol. The minimum Gasteiger partial charge on any atom is -0.505 e. The highest BCUT2D eigenvalue weighted by Gasteiger charge is 2.07. The number of hydrogen-bond acceptors (Lipinski definition) is 4. The smallest absolute Gasteiger partial charge is 0.252 e. The van der Waals surface area contributed by atoms with E-state index in [4.69, 9.17) is 5.11 Å². The van der Waals surface area contributed by atoms with Crippen molar-refractivity contribution < 1.29 is 5.11 Å². The van der Waals surface area contributed by atoms with Crippen molar-refractivity contribution in [3.8, 4) is 5.75 Å². The summed E-state index contributed by atoms with van der Waals surface area (Å²) >= 11 is 0. The highest BCUT2D eigenvalue weighted by molar-refractivity contribution is 5.29. The molecule has 5 heteroatoms.